The Balaban J connectivity index is 2.01. The molecule has 1 aliphatic rings. The fraction of sp³-hybridized carbons (Fsp3) is 0.0556. The van der Waals surface area contributed by atoms with Gasteiger partial charge < -0.3 is 19.7 Å². The molecular weight excluding hydrogens is 420 g/mol. The van der Waals surface area contributed by atoms with Crippen molar-refractivity contribution in [3.63, 3.8) is 0 Å². The first-order valence-electron chi connectivity index (χ1n) is 7.85. The third-order valence-electron chi connectivity index (χ3n) is 3.91. The smallest absolute Gasteiger partial charge is 0.270 e. The van der Waals surface area contributed by atoms with E-state index in [1.165, 1.54) is 43.5 Å². The van der Waals surface area contributed by atoms with Crippen LogP contribution in [0.4, 0.5) is 11.4 Å². The van der Waals surface area contributed by atoms with Crippen molar-refractivity contribution in [3.8, 4) is 11.5 Å². The summed E-state index contributed by atoms with van der Waals surface area (Å²) in [6, 6.07) is 7.85. The van der Waals surface area contributed by atoms with Gasteiger partial charge in [-0.15, -0.1) is 0 Å². The van der Waals surface area contributed by atoms with Crippen LogP contribution in [0.15, 0.2) is 41.3 Å². The molecule has 1 heterocycles. The third kappa shape index (κ3) is 3.91. The first kappa shape index (κ1) is 20.3. The fourth-order valence-electron chi connectivity index (χ4n) is 2.59. The van der Waals surface area contributed by atoms with E-state index in [0.29, 0.717) is 0 Å². The highest BCUT2D eigenvalue weighted by atomic mass is 32.2. The normalized spacial score (nSPS) is 15.1. The minimum atomic E-state index is -1.40. The summed E-state index contributed by atoms with van der Waals surface area (Å²) in [6.45, 7) is 0. The predicted octanol–water partition coefficient (Wildman–Crippen LogP) is 1.45. The number of carbonyl (C=O) groups excluding carboxylic acids is 2. The highest BCUT2D eigenvalue weighted by molar-refractivity contribution is 8.27. The molecule has 2 aromatic carbocycles. The summed E-state index contributed by atoms with van der Waals surface area (Å²) < 4.78 is 5.03. The van der Waals surface area contributed by atoms with E-state index < -0.39 is 28.2 Å². The molecule has 148 valence electrons. The summed E-state index contributed by atoms with van der Waals surface area (Å²) in [5.41, 5.74) is -0.354. The van der Waals surface area contributed by atoms with Crippen LogP contribution >= 0.6 is 24.0 Å². The number of amides is 1. The van der Waals surface area contributed by atoms with E-state index in [0.717, 1.165) is 22.7 Å². The maximum Gasteiger partial charge on any atom is 0.270 e. The van der Waals surface area contributed by atoms with Gasteiger partial charge in [-0.3, -0.25) is 19.8 Å². The van der Waals surface area contributed by atoms with Gasteiger partial charge in [0, 0.05) is 11.8 Å². The minimum Gasteiger partial charge on any atom is -0.865 e. The van der Waals surface area contributed by atoms with Crippen LogP contribution in [0.2, 0.25) is 0 Å². The number of nitro groups is 1. The quantitative estimate of drug-likeness (QED) is 0.299. The fourth-order valence-corrected chi connectivity index (χ4v) is 3.89. The number of carboxylic acid groups (broad SMARTS) is 1. The summed E-state index contributed by atoms with van der Waals surface area (Å²) in [6.07, 6.45) is 1.34. The van der Waals surface area contributed by atoms with Crippen LogP contribution in [0.25, 0.3) is 6.08 Å². The first-order chi connectivity index (χ1) is 13.7. The maximum absolute atomic E-state index is 12.8. The number of hydrogen-bond acceptors (Lipinski definition) is 9. The molecule has 0 radical (unpaired) electrons. The van der Waals surface area contributed by atoms with Crippen LogP contribution in [0.3, 0.4) is 0 Å². The van der Waals surface area contributed by atoms with Crippen molar-refractivity contribution in [1.29, 1.82) is 0 Å². The molecule has 0 bridgehead atoms. The Bertz CT molecular complexity index is 1100. The van der Waals surface area contributed by atoms with Crippen LogP contribution in [0.5, 0.6) is 11.5 Å². The van der Waals surface area contributed by atoms with Gasteiger partial charge >= 0.3 is 0 Å². The summed E-state index contributed by atoms with van der Waals surface area (Å²) in [5, 5.41) is 34.1. The molecule has 2 aromatic rings. The molecule has 1 saturated heterocycles. The largest absolute Gasteiger partial charge is 0.865 e. The van der Waals surface area contributed by atoms with Crippen LogP contribution in [0, 0.1) is 10.1 Å². The van der Waals surface area contributed by atoms with E-state index in [4.69, 9.17) is 17.0 Å². The molecule has 1 amide bonds. The zero-order valence-corrected chi connectivity index (χ0v) is 16.2. The Morgan fingerprint density at radius 3 is 2.66 bits per heavy atom. The van der Waals surface area contributed by atoms with E-state index >= 15 is 0 Å². The topological polar surface area (TPSA) is 136 Å². The number of rotatable bonds is 5. The number of carbonyl (C=O) groups is 2. The number of thiocarbonyl (C=S) groups is 1. The second-order valence-corrected chi connectivity index (χ2v) is 7.36. The van der Waals surface area contributed by atoms with Crippen molar-refractivity contribution in [2.24, 2.45) is 0 Å². The number of hydrogen-bond donors (Lipinski definition) is 0. The number of methoxy groups -OCH3 is 1. The molecule has 11 heteroatoms. The zero-order chi connectivity index (χ0) is 21.3. The van der Waals surface area contributed by atoms with Crippen molar-refractivity contribution >= 4 is 57.6 Å². The van der Waals surface area contributed by atoms with E-state index in [1.807, 2.05) is 0 Å². The molecule has 0 N–H and O–H groups in total. The number of aromatic carboxylic acids is 1. The SMILES string of the molecule is COc1cc(/C=C2\SC(=S)N(c3cccc(C(=O)[O-])c3)C2=O)cc([N+](=O)[O-])c1[O-]. The number of benzene rings is 2. The number of ether oxygens (including phenoxy) is 1. The summed E-state index contributed by atoms with van der Waals surface area (Å²) in [4.78, 5) is 35.4. The molecule has 1 fully saturated rings. The van der Waals surface area contributed by atoms with Gasteiger partial charge in [-0.1, -0.05) is 36.1 Å². The number of nitro benzene ring substituents is 1. The Morgan fingerprint density at radius 2 is 2.03 bits per heavy atom. The molecule has 9 nitrogen and oxygen atoms in total. The summed E-state index contributed by atoms with van der Waals surface area (Å²) in [5.74, 6) is -3.04. The lowest BCUT2D eigenvalue weighted by molar-refractivity contribution is -0.398. The average molecular weight is 430 g/mol. The van der Waals surface area contributed by atoms with Crippen molar-refractivity contribution < 1.29 is 29.5 Å². The standard InChI is InChI=1S/C18H12N2O7S2/c1-27-13-6-9(5-12(15(13)21)20(25)26)7-14-16(22)19(18(28)29-14)11-4-2-3-10(8-11)17(23)24/h2-8,21H,1H3,(H,23,24)/p-2/b14-7-. The first-order valence-corrected chi connectivity index (χ1v) is 9.08. The van der Waals surface area contributed by atoms with Crippen LogP contribution in [-0.4, -0.2) is 28.2 Å². The average Bonchev–Trinajstić information content (AvgIpc) is 2.95. The van der Waals surface area contributed by atoms with Gasteiger partial charge in [0.25, 0.3) is 11.6 Å². The monoisotopic (exact) mass is 430 g/mol. The van der Waals surface area contributed by atoms with Gasteiger partial charge in [0.05, 0.1) is 28.6 Å². The molecular formula is C18H10N2O7S2-2. The van der Waals surface area contributed by atoms with E-state index in [9.17, 15) is 29.9 Å². The minimum absolute atomic E-state index is 0.119. The molecule has 1 aliphatic heterocycles. The Labute approximate surface area is 173 Å². The van der Waals surface area contributed by atoms with Crippen molar-refractivity contribution in [2.75, 3.05) is 12.0 Å². The van der Waals surface area contributed by atoms with Gasteiger partial charge in [-0.05, 0) is 35.4 Å². The van der Waals surface area contributed by atoms with Crippen molar-refractivity contribution in [3.05, 3.63) is 62.5 Å². The van der Waals surface area contributed by atoms with Gasteiger partial charge in [-0.2, -0.15) is 0 Å². The maximum atomic E-state index is 12.8. The predicted molar refractivity (Wildman–Crippen MR) is 106 cm³/mol. The number of nitrogens with zero attached hydrogens (tertiary/aromatic N) is 2. The van der Waals surface area contributed by atoms with E-state index in [2.05, 4.69) is 0 Å². The molecule has 0 aromatic heterocycles. The van der Waals surface area contributed by atoms with Crippen molar-refractivity contribution in [1.82, 2.24) is 0 Å². The van der Waals surface area contributed by atoms with Crippen molar-refractivity contribution in [2.45, 2.75) is 0 Å². The van der Waals surface area contributed by atoms with Gasteiger partial charge in [0.15, 0.2) is 4.32 Å². The van der Waals surface area contributed by atoms with Gasteiger partial charge in [0.1, 0.15) is 5.75 Å². The number of carboxylic acids is 1. The van der Waals surface area contributed by atoms with E-state index in [-0.39, 0.29) is 31.8 Å². The molecule has 0 spiro atoms. The molecule has 0 aliphatic carbocycles. The summed E-state index contributed by atoms with van der Waals surface area (Å²) >= 11 is 6.15. The van der Waals surface area contributed by atoms with Gasteiger partial charge in [0.2, 0.25) is 0 Å². The Hall–Kier alpha value is -3.44. The number of thioether (sulfide) groups is 1. The van der Waals surface area contributed by atoms with Crippen LogP contribution < -0.4 is 19.8 Å². The lowest BCUT2D eigenvalue weighted by Gasteiger charge is -2.16. The third-order valence-corrected chi connectivity index (χ3v) is 5.21. The van der Waals surface area contributed by atoms with Crippen LogP contribution in [0.1, 0.15) is 15.9 Å². The molecule has 0 atom stereocenters. The second-order valence-electron chi connectivity index (χ2n) is 5.68. The van der Waals surface area contributed by atoms with Crippen LogP contribution in [-0.2, 0) is 4.79 Å². The number of anilines is 1. The molecule has 0 saturated carbocycles. The highest BCUT2D eigenvalue weighted by Gasteiger charge is 2.33. The zero-order valence-electron chi connectivity index (χ0n) is 14.6. The Morgan fingerprint density at radius 1 is 1.31 bits per heavy atom. The Kier molecular flexibility index (Phi) is 5.52. The summed E-state index contributed by atoms with van der Waals surface area (Å²) in [7, 11) is 1.20. The second kappa shape index (κ2) is 7.89. The van der Waals surface area contributed by atoms with Gasteiger partial charge in [-0.25, -0.2) is 0 Å². The lowest BCUT2D eigenvalue weighted by Crippen LogP contribution is -2.28. The van der Waals surface area contributed by atoms with E-state index in [1.54, 1.807) is 0 Å². The highest BCUT2D eigenvalue weighted by Crippen LogP contribution is 2.39. The molecule has 3 rings (SSSR count). The molecule has 29 heavy (non-hydrogen) atoms. The lowest BCUT2D eigenvalue weighted by atomic mass is 10.1. The molecule has 0 unspecified atom stereocenters.